The average Bonchev–Trinajstić information content (AvgIpc) is 3.24. The number of rotatable bonds is 6. The molecule has 3 aromatic rings. The summed E-state index contributed by atoms with van der Waals surface area (Å²) >= 11 is 0. The molecule has 1 atom stereocenters. The quantitative estimate of drug-likeness (QED) is 0.739. The van der Waals surface area contributed by atoms with E-state index in [1.165, 1.54) is 12.1 Å². The van der Waals surface area contributed by atoms with Crippen LogP contribution in [-0.2, 0) is 11.3 Å². The van der Waals surface area contributed by atoms with Crippen molar-refractivity contribution in [2.75, 3.05) is 0 Å². The Morgan fingerprint density at radius 1 is 1.27 bits per heavy atom. The summed E-state index contributed by atoms with van der Waals surface area (Å²) in [5.41, 5.74) is 3.49. The normalized spacial score (nSPS) is 12.2. The molecule has 0 spiro atoms. The van der Waals surface area contributed by atoms with Crippen molar-refractivity contribution in [1.29, 1.82) is 0 Å². The van der Waals surface area contributed by atoms with Crippen LogP contribution in [0.4, 0.5) is 4.39 Å². The van der Waals surface area contributed by atoms with E-state index in [-0.39, 0.29) is 17.8 Å². The number of benzene rings is 1. The molecule has 3 rings (SSSR count). The highest BCUT2D eigenvalue weighted by Crippen LogP contribution is 2.19. The highest BCUT2D eigenvalue weighted by atomic mass is 19.1. The molecule has 1 N–H and O–H groups in total. The van der Waals surface area contributed by atoms with Crippen LogP contribution in [0.2, 0.25) is 0 Å². The second kappa shape index (κ2) is 7.51. The molecule has 0 aliphatic rings. The first-order valence-electron chi connectivity index (χ1n) is 8.59. The summed E-state index contributed by atoms with van der Waals surface area (Å²) in [6.45, 7) is 6.18. The van der Waals surface area contributed by atoms with Gasteiger partial charge in [-0.05, 0) is 50.6 Å². The zero-order valence-corrected chi connectivity index (χ0v) is 15.1. The molecule has 26 heavy (non-hydrogen) atoms. The molecular formula is C19H22FN5O. The maximum absolute atomic E-state index is 13.1. The van der Waals surface area contributed by atoms with Crippen LogP contribution in [0.1, 0.15) is 36.3 Å². The van der Waals surface area contributed by atoms with Gasteiger partial charge < -0.3 is 5.32 Å². The number of carbonyl (C=O) groups is 1. The van der Waals surface area contributed by atoms with E-state index in [2.05, 4.69) is 15.5 Å². The molecule has 0 saturated carbocycles. The number of amides is 1. The molecular weight excluding hydrogens is 333 g/mol. The summed E-state index contributed by atoms with van der Waals surface area (Å²) in [5, 5.41) is 11.7. The van der Waals surface area contributed by atoms with Crippen molar-refractivity contribution in [1.82, 2.24) is 24.9 Å². The second-order valence-electron chi connectivity index (χ2n) is 6.17. The Balaban J connectivity index is 1.76. The fourth-order valence-corrected chi connectivity index (χ4v) is 3.02. The second-order valence-corrected chi connectivity index (χ2v) is 6.17. The van der Waals surface area contributed by atoms with Crippen LogP contribution in [0.15, 0.2) is 42.7 Å². The van der Waals surface area contributed by atoms with E-state index in [0.29, 0.717) is 13.0 Å². The first kappa shape index (κ1) is 17.8. The number of nitrogens with one attached hydrogen (secondary N) is 1. The van der Waals surface area contributed by atoms with Gasteiger partial charge in [0.2, 0.25) is 5.91 Å². The van der Waals surface area contributed by atoms with Gasteiger partial charge in [-0.3, -0.25) is 9.48 Å². The first-order chi connectivity index (χ1) is 12.5. The maximum atomic E-state index is 13.1. The third-order valence-corrected chi connectivity index (χ3v) is 4.49. The Morgan fingerprint density at radius 3 is 2.62 bits per heavy atom. The minimum Gasteiger partial charge on any atom is -0.350 e. The highest BCUT2D eigenvalue weighted by Gasteiger charge is 2.20. The fraction of sp³-hybridized carbons (Fsp3) is 0.316. The summed E-state index contributed by atoms with van der Waals surface area (Å²) in [6, 6.07) is 7.64. The summed E-state index contributed by atoms with van der Waals surface area (Å²) in [4.78, 5) is 12.5. The van der Waals surface area contributed by atoms with Crippen LogP contribution < -0.4 is 5.32 Å². The predicted octanol–water partition coefficient (Wildman–Crippen LogP) is 3.09. The molecule has 0 saturated heterocycles. The highest BCUT2D eigenvalue weighted by molar-refractivity contribution is 5.80. The lowest BCUT2D eigenvalue weighted by atomic mass is 10.1. The van der Waals surface area contributed by atoms with Crippen molar-refractivity contribution < 1.29 is 9.18 Å². The Morgan fingerprint density at radius 2 is 2.00 bits per heavy atom. The summed E-state index contributed by atoms with van der Waals surface area (Å²) in [6.07, 6.45) is 4.11. The lowest BCUT2D eigenvalue weighted by molar-refractivity contribution is -0.124. The SMILES string of the molecule is CCC(C(=O)NCc1c(C)nn(-c2ccc(F)cc2)c1C)n1cccn1. The van der Waals surface area contributed by atoms with Crippen molar-refractivity contribution in [3.05, 3.63) is 65.5 Å². The van der Waals surface area contributed by atoms with Crippen LogP contribution in [0.25, 0.3) is 5.69 Å². The summed E-state index contributed by atoms with van der Waals surface area (Å²) < 4.78 is 16.6. The van der Waals surface area contributed by atoms with E-state index in [0.717, 1.165) is 22.6 Å². The van der Waals surface area contributed by atoms with Gasteiger partial charge in [0.15, 0.2) is 0 Å². The minimum atomic E-state index is -0.335. The predicted molar refractivity (Wildman–Crippen MR) is 96.4 cm³/mol. The van der Waals surface area contributed by atoms with E-state index in [1.807, 2.05) is 20.8 Å². The number of hydrogen-bond donors (Lipinski definition) is 1. The molecule has 136 valence electrons. The zero-order valence-electron chi connectivity index (χ0n) is 15.1. The van der Waals surface area contributed by atoms with Crippen LogP contribution in [0.5, 0.6) is 0 Å². The Hall–Kier alpha value is -2.96. The molecule has 1 unspecified atom stereocenters. The molecule has 0 aliphatic heterocycles. The van der Waals surface area contributed by atoms with Gasteiger partial charge in [-0.15, -0.1) is 0 Å². The van der Waals surface area contributed by atoms with Gasteiger partial charge in [-0.25, -0.2) is 9.07 Å². The van der Waals surface area contributed by atoms with Gasteiger partial charge in [0.1, 0.15) is 11.9 Å². The third kappa shape index (κ3) is 3.51. The van der Waals surface area contributed by atoms with E-state index in [9.17, 15) is 9.18 Å². The lowest BCUT2D eigenvalue weighted by Crippen LogP contribution is -2.32. The molecule has 7 heteroatoms. The van der Waals surface area contributed by atoms with Crippen LogP contribution in [0, 0.1) is 19.7 Å². The molecule has 0 aliphatic carbocycles. The Labute approximate surface area is 151 Å². The maximum Gasteiger partial charge on any atom is 0.245 e. The molecule has 1 aromatic carbocycles. The average molecular weight is 355 g/mol. The Kier molecular flexibility index (Phi) is 5.16. The number of hydrogen-bond acceptors (Lipinski definition) is 3. The van der Waals surface area contributed by atoms with Gasteiger partial charge in [0.25, 0.3) is 0 Å². The number of aryl methyl sites for hydroxylation is 1. The van der Waals surface area contributed by atoms with E-state index < -0.39 is 0 Å². The van der Waals surface area contributed by atoms with Gasteiger partial charge in [-0.2, -0.15) is 10.2 Å². The summed E-state index contributed by atoms with van der Waals surface area (Å²) in [5.74, 6) is -0.364. The van der Waals surface area contributed by atoms with Crippen molar-refractivity contribution in [3.8, 4) is 5.69 Å². The van der Waals surface area contributed by atoms with Gasteiger partial charge in [-0.1, -0.05) is 6.92 Å². The first-order valence-corrected chi connectivity index (χ1v) is 8.59. The number of carbonyl (C=O) groups excluding carboxylic acids is 1. The smallest absolute Gasteiger partial charge is 0.245 e. The molecule has 2 heterocycles. The molecule has 0 bridgehead atoms. The Bertz CT molecular complexity index is 884. The van der Waals surface area contributed by atoms with E-state index >= 15 is 0 Å². The molecule has 6 nitrogen and oxygen atoms in total. The monoisotopic (exact) mass is 355 g/mol. The van der Waals surface area contributed by atoms with Gasteiger partial charge in [0.05, 0.1) is 11.4 Å². The van der Waals surface area contributed by atoms with Crippen LogP contribution in [0.3, 0.4) is 0 Å². The summed E-state index contributed by atoms with van der Waals surface area (Å²) in [7, 11) is 0. The van der Waals surface area contributed by atoms with Crippen molar-refractivity contribution in [2.45, 2.75) is 39.8 Å². The third-order valence-electron chi connectivity index (χ3n) is 4.49. The molecule has 2 aromatic heterocycles. The minimum absolute atomic E-state index is 0.0791. The zero-order chi connectivity index (χ0) is 18.7. The van der Waals surface area contributed by atoms with Crippen molar-refractivity contribution >= 4 is 5.91 Å². The van der Waals surface area contributed by atoms with Crippen LogP contribution >= 0.6 is 0 Å². The van der Waals surface area contributed by atoms with Crippen LogP contribution in [-0.4, -0.2) is 25.5 Å². The van der Waals surface area contributed by atoms with E-state index in [4.69, 9.17) is 0 Å². The molecule has 1 amide bonds. The van der Waals surface area contributed by atoms with E-state index in [1.54, 1.807) is 40.0 Å². The topological polar surface area (TPSA) is 64.7 Å². The standard InChI is InChI=1S/C19H22FN5O/c1-4-18(24-11-5-10-22-24)19(26)21-12-17-13(2)23-25(14(17)3)16-8-6-15(20)7-9-16/h5-11,18H,4,12H2,1-3H3,(H,21,26). The largest absolute Gasteiger partial charge is 0.350 e. The fourth-order valence-electron chi connectivity index (χ4n) is 3.02. The van der Waals surface area contributed by atoms with Crippen molar-refractivity contribution in [2.24, 2.45) is 0 Å². The molecule has 0 fully saturated rings. The van der Waals surface area contributed by atoms with Gasteiger partial charge in [0, 0.05) is 30.2 Å². The molecule has 0 radical (unpaired) electrons. The van der Waals surface area contributed by atoms with Crippen molar-refractivity contribution in [3.63, 3.8) is 0 Å². The number of halogens is 1. The van der Waals surface area contributed by atoms with Gasteiger partial charge >= 0.3 is 0 Å². The number of aromatic nitrogens is 4. The lowest BCUT2D eigenvalue weighted by Gasteiger charge is -2.15. The number of nitrogens with zero attached hydrogens (tertiary/aromatic N) is 4.